The fourth-order valence-corrected chi connectivity index (χ4v) is 1.54. The molecule has 0 aliphatic heterocycles. The number of halogens is 7. The number of hydrogen-bond acceptors (Lipinski definition) is 1. The predicted octanol–water partition coefficient (Wildman–Crippen LogP) is 4.85. The number of hydrogen-bond donors (Lipinski definition) is 0. The van der Waals surface area contributed by atoms with E-state index in [-0.39, 0.29) is 0 Å². The van der Waals surface area contributed by atoms with E-state index in [0.717, 1.165) is 0 Å². The molecule has 1 unspecified atom stereocenters. The zero-order valence-electron chi connectivity index (χ0n) is 8.58. The lowest BCUT2D eigenvalue weighted by Crippen LogP contribution is -2.43. The second kappa shape index (κ2) is 4.86. The lowest BCUT2D eigenvalue weighted by Gasteiger charge is -2.30. The van der Waals surface area contributed by atoms with Crippen LogP contribution < -0.4 is 0 Å². The first-order valence-electron chi connectivity index (χ1n) is 4.02. The summed E-state index contributed by atoms with van der Waals surface area (Å²) in [4.78, 5) is 0. The third-order valence-electron chi connectivity index (χ3n) is 1.32. The molecule has 16 heavy (non-hydrogen) atoms. The molecule has 0 saturated heterocycles. The van der Waals surface area contributed by atoms with Crippen LogP contribution in [0.3, 0.4) is 0 Å². The van der Waals surface area contributed by atoms with E-state index in [4.69, 9.17) is 11.2 Å². The maximum atomic E-state index is 12.1. The normalized spacial score (nSPS) is 16.7. The molecule has 0 bridgehead atoms. The summed E-state index contributed by atoms with van der Waals surface area (Å²) in [7, 11) is -2.36. The van der Waals surface area contributed by atoms with E-state index in [1.54, 1.807) is 0 Å². The van der Waals surface area contributed by atoms with Crippen LogP contribution in [0.1, 0.15) is 20.8 Å². The summed E-state index contributed by atoms with van der Waals surface area (Å²) in [6.45, 7) is 4.19. The van der Waals surface area contributed by atoms with Gasteiger partial charge in [0.15, 0.2) is 0 Å². The van der Waals surface area contributed by atoms with Crippen molar-refractivity contribution in [3.63, 3.8) is 0 Å². The molecule has 0 aromatic carbocycles. The Kier molecular flexibility index (Phi) is 4.94. The van der Waals surface area contributed by atoms with Gasteiger partial charge in [-0.1, -0.05) is 32.0 Å². The Morgan fingerprint density at radius 2 is 1.25 bits per heavy atom. The van der Waals surface area contributed by atoms with Gasteiger partial charge in [0.05, 0.1) is 0 Å². The van der Waals surface area contributed by atoms with Gasteiger partial charge in [0.2, 0.25) is 0 Å². The van der Waals surface area contributed by atoms with Crippen molar-refractivity contribution in [1.82, 2.24) is 0 Å². The molecule has 0 rings (SSSR count). The van der Waals surface area contributed by atoms with E-state index in [2.05, 4.69) is 4.52 Å². The zero-order valence-corrected chi connectivity index (χ0v) is 10.2. The molecule has 0 fully saturated rings. The Labute approximate surface area is 94.7 Å². The largest absolute Gasteiger partial charge is 0.424 e. The molecule has 9 heteroatoms. The molecule has 0 heterocycles. The third-order valence-corrected chi connectivity index (χ3v) is 4.53. The van der Waals surface area contributed by atoms with Gasteiger partial charge >= 0.3 is 12.4 Å². The summed E-state index contributed by atoms with van der Waals surface area (Å²) in [5.74, 6) is 0. The molecule has 0 radical (unpaired) electrons. The monoisotopic (exact) mass is 290 g/mol. The number of rotatable bonds is 2. The predicted molar refractivity (Wildman–Crippen MR) is 49.5 cm³/mol. The molecule has 0 spiro atoms. The van der Waals surface area contributed by atoms with Gasteiger partial charge in [0.1, 0.15) is 7.50 Å². The highest BCUT2D eigenvalue weighted by atomic mass is 35.7. The molecule has 1 atom stereocenters. The van der Waals surface area contributed by atoms with E-state index in [1.807, 2.05) is 0 Å². The lowest BCUT2D eigenvalue weighted by molar-refractivity contribution is -0.298. The highest BCUT2D eigenvalue weighted by molar-refractivity contribution is 7.81. The van der Waals surface area contributed by atoms with Gasteiger partial charge in [0, 0.05) is 5.16 Å². The van der Waals surface area contributed by atoms with Crippen LogP contribution in [0.4, 0.5) is 26.3 Å². The Morgan fingerprint density at radius 1 is 0.938 bits per heavy atom. The van der Waals surface area contributed by atoms with E-state index >= 15 is 0 Å². The topological polar surface area (TPSA) is 9.23 Å². The highest BCUT2D eigenvalue weighted by Crippen LogP contribution is 2.58. The first kappa shape index (κ1) is 16.3. The minimum Gasteiger partial charge on any atom is -0.321 e. The van der Waals surface area contributed by atoms with Crippen LogP contribution >= 0.6 is 18.7 Å². The minimum absolute atomic E-state index is 0.967. The van der Waals surface area contributed by atoms with Crippen molar-refractivity contribution in [3.8, 4) is 0 Å². The van der Waals surface area contributed by atoms with Crippen LogP contribution in [0, 0.1) is 0 Å². The average molecular weight is 291 g/mol. The Hall–Kier alpha value is 0.260. The van der Waals surface area contributed by atoms with Crippen LogP contribution in [-0.2, 0) is 4.52 Å². The first-order chi connectivity index (χ1) is 6.76. The average Bonchev–Trinajstić information content (AvgIpc) is 1.92. The Bertz CT molecular complexity index is 219. The fraction of sp³-hybridized carbons (Fsp3) is 1.00. The van der Waals surface area contributed by atoms with E-state index in [1.165, 1.54) is 20.8 Å². The van der Waals surface area contributed by atoms with Crippen LogP contribution in [0.25, 0.3) is 0 Å². The SMILES string of the molecule is CC(C)(C)P(Cl)OC(C(F)(F)F)C(F)(F)F. The lowest BCUT2D eigenvalue weighted by atomic mass is 10.3. The summed E-state index contributed by atoms with van der Waals surface area (Å²) in [6.07, 6.45) is -14.9. The van der Waals surface area contributed by atoms with Crippen LogP contribution in [0.15, 0.2) is 0 Å². The molecule has 0 aromatic heterocycles. The van der Waals surface area contributed by atoms with Crippen molar-refractivity contribution >= 4 is 18.7 Å². The number of alkyl halides is 6. The van der Waals surface area contributed by atoms with E-state index in [9.17, 15) is 26.3 Å². The van der Waals surface area contributed by atoms with E-state index < -0.39 is 31.1 Å². The molecular weight excluding hydrogens is 280 g/mol. The van der Waals surface area contributed by atoms with Crippen LogP contribution in [-0.4, -0.2) is 23.6 Å². The molecule has 1 nitrogen and oxygen atoms in total. The summed E-state index contributed by atoms with van der Waals surface area (Å²) in [5, 5.41) is -0.967. The molecule has 0 aliphatic carbocycles. The summed E-state index contributed by atoms with van der Waals surface area (Å²) in [6, 6.07) is 0. The van der Waals surface area contributed by atoms with Gasteiger partial charge < -0.3 is 4.52 Å². The van der Waals surface area contributed by atoms with Crippen LogP contribution in [0.5, 0.6) is 0 Å². The van der Waals surface area contributed by atoms with Crippen molar-refractivity contribution in [2.24, 2.45) is 0 Å². The summed E-state index contributed by atoms with van der Waals surface area (Å²) in [5.41, 5.74) is 0. The van der Waals surface area contributed by atoms with Crippen molar-refractivity contribution < 1.29 is 30.9 Å². The van der Waals surface area contributed by atoms with Crippen LogP contribution in [0.2, 0.25) is 0 Å². The Morgan fingerprint density at radius 3 is 1.44 bits per heavy atom. The van der Waals surface area contributed by atoms with Crippen molar-refractivity contribution in [2.45, 2.75) is 44.4 Å². The minimum atomic E-state index is -5.51. The zero-order chi connectivity index (χ0) is 13.4. The van der Waals surface area contributed by atoms with Crippen molar-refractivity contribution in [1.29, 1.82) is 0 Å². The maximum absolute atomic E-state index is 12.1. The van der Waals surface area contributed by atoms with Gasteiger partial charge in [-0.2, -0.15) is 26.3 Å². The molecule has 0 amide bonds. The summed E-state index contributed by atoms with van der Waals surface area (Å²) >= 11 is 5.41. The standard InChI is InChI=1S/C7H10ClF6OP/c1-5(2,3)16(8)15-4(6(9,10)11)7(12,13)14/h4H,1-3H3. The van der Waals surface area contributed by atoms with Crippen molar-refractivity contribution in [3.05, 3.63) is 0 Å². The maximum Gasteiger partial charge on any atom is 0.424 e. The molecule has 0 N–H and O–H groups in total. The first-order valence-corrected chi connectivity index (χ1v) is 6.19. The van der Waals surface area contributed by atoms with Gasteiger partial charge in [-0.05, 0) is 0 Å². The molecule has 98 valence electrons. The van der Waals surface area contributed by atoms with Crippen molar-refractivity contribution in [2.75, 3.05) is 0 Å². The smallest absolute Gasteiger partial charge is 0.321 e. The van der Waals surface area contributed by atoms with Gasteiger partial charge in [0.25, 0.3) is 6.10 Å². The molecular formula is C7H10ClF6OP. The molecule has 0 saturated carbocycles. The quantitative estimate of drug-likeness (QED) is 0.522. The van der Waals surface area contributed by atoms with Gasteiger partial charge in [-0.3, -0.25) is 0 Å². The second-order valence-corrected chi connectivity index (χ2v) is 6.95. The summed E-state index contributed by atoms with van der Waals surface area (Å²) < 4.78 is 76.4. The van der Waals surface area contributed by atoms with Gasteiger partial charge in [-0.15, -0.1) is 0 Å². The van der Waals surface area contributed by atoms with Gasteiger partial charge in [-0.25, -0.2) is 0 Å². The molecule has 0 aromatic rings. The fourth-order valence-electron chi connectivity index (χ4n) is 0.556. The third kappa shape index (κ3) is 5.06. The second-order valence-electron chi connectivity index (χ2n) is 3.98. The molecule has 0 aliphatic rings. The Balaban J connectivity index is 4.85. The highest BCUT2D eigenvalue weighted by Gasteiger charge is 2.59. The van der Waals surface area contributed by atoms with E-state index in [0.29, 0.717) is 0 Å².